The molecule has 0 bridgehead atoms. The van der Waals surface area contributed by atoms with Crippen LogP contribution in [-0.4, -0.2) is 39.9 Å². The summed E-state index contributed by atoms with van der Waals surface area (Å²) in [6.45, 7) is 5.73. The molecule has 1 aromatic carbocycles. The lowest BCUT2D eigenvalue weighted by Crippen LogP contribution is -2.29. The quantitative estimate of drug-likeness (QED) is 0.942. The number of aromatic nitrogens is 2. The minimum absolute atomic E-state index is 0.00566. The summed E-state index contributed by atoms with van der Waals surface area (Å²) in [6, 6.07) is 11.8. The molecule has 0 unspecified atom stereocenters. The van der Waals surface area contributed by atoms with E-state index in [0.29, 0.717) is 17.3 Å². The minimum atomic E-state index is -0.00566. The summed E-state index contributed by atoms with van der Waals surface area (Å²) in [7, 11) is 0. The Hall–Kier alpha value is -2.43. The van der Waals surface area contributed by atoms with Gasteiger partial charge in [0.05, 0.1) is 0 Å². The van der Waals surface area contributed by atoms with Crippen LogP contribution < -0.4 is 5.32 Å². The summed E-state index contributed by atoms with van der Waals surface area (Å²) in [5, 5.41) is 3.28. The van der Waals surface area contributed by atoms with Gasteiger partial charge in [-0.25, -0.2) is 9.97 Å². The van der Waals surface area contributed by atoms with Crippen LogP contribution in [0.5, 0.6) is 0 Å². The van der Waals surface area contributed by atoms with Crippen LogP contribution in [0.15, 0.2) is 36.4 Å². The molecule has 2 heterocycles. The van der Waals surface area contributed by atoms with Crippen molar-refractivity contribution in [2.24, 2.45) is 0 Å². The molecule has 1 N–H and O–H groups in total. The molecule has 1 fully saturated rings. The molecule has 1 amide bonds. The van der Waals surface area contributed by atoms with Gasteiger partial charge < -0.3 is 10.2 Å². The second kappa shape index (κ2) is 6.77. The molecule has 0 spiro atoms. The van der Waals surface area contributed by atoms with Crippen LogP contribution in [0.1, 0.15) is 37.2 Å². The van der Waals surface area contributed by atoms with E-state index in [9.17, 15) is 4.79 Å². The molecular weight excluding hydrogens is 288 g/mol. The smallest absolute Gasteiger partial charge is 0.272 e. The Bertz CT molecular complexity index is 679. The van der Waals surface area contributed by atoms with Crippen molar-refractivity contribution in [1.29, 1.82) is 0 Å². The van der Waals surface area contributed by atoms with Gasteiger partial charge in [-0.2, -0.15) is 0 Å². The zero-order valence-electron chi connectivity index (χ0n) is 13.6. The average molecular weight is 310 g/mol. The highest BCUT2D eigenvalue weighted by atomic mass is 16.2. The summed E-state index contributed by atoms with van der Waals surface area (Å²) in [6.07, 6.45) is 2.14. The molecule has 3 rings (SSSR count). The Balaban J connectivity index is 1.99. The number of nitrogens with one attached hydrogen (secondary N) is 1. The number of hydrogen-bond acceptors (Lipinski definition) is 4. The lowest BCUT2D eigenvalue weighted by atomic mass is 10.2. The number of amides is 1. The predicted octanol–water partition coefficient (Wildman–Crippen LogP) is 3.20. The first-order valence-corrected chi connectivity index (χ1v) is 8.14. The van der Waals surface area contributed by atoms with E-state index >= 15 is 0 Å². The standard InChI is InChI=1S/C18H22N4O/c1-13(2)19-16-12-15(18(23)22-10-6-7-11-22)20-17(21-16)14-8-4-3-5-9-14/h3-5,8-9,12-13H,6-7,10-11H2,1-2H3,(H,19,20,21). The maximum absolute atomic E-state index is 12.7. The molecule has 1 aliphatic rings. The fourth-order valence-electron chi connectivity index (χ4n) is 2.73. The van der Waals surface area contributed by atoms with Crippen LogP contribution in [0.25, 0.3) is 11.4 Å². The summed E-state index contributed by atoms with van der Waals surface area (Å²) < 4.78 is 0. The molecule has 0 aliphatic carbocycles. The van der Waals surface area contributed by atoms with E-state index in [1.807, 2.05) is 49.1 Å². The minimum Gasteiger partial charge on any atom is -0.368 e. The molecule has 1 aromatic heterocycles. The summed E-state index contributed by atoms with van der Waals surface area (Å²) in [5.41, 5.74) is 1.37. The normalized spacial score (nSPS) is 14.3. The van der Waals surface area contributed by atoms with Gasteiger partial charge in [0.15, 0.2) is 5.82 Å². The zero-order valence-corrected chi connectivity index (χ0v) is 13.6. The number of hydrogen-bond donors (Lipinski definition) is 1. The van der Waals surface area contributed by atoms with E-state index < -0.39 is 0 Å². The van der Waals surface area contributed by atoms with Crippen molar-refractivity contribution >= 4 is 11.7 Å². The van der Waals surface area contributed by atoms with Crippen molar-refractivity contribution in [3.8, 4) is 11.4 Å². The third kappa shape index (κ3) is 3.67. The first-order chi connectivity index (χ1) is 11.1. The molecule has 0 saturated carbocycles. The van der Waals surface area contributed by atoms with Crippen molar-refractivity contribution in [3.63, 3.8) is 0 Å². The molecule has 23 heavy (non-hydrogen) atoms. The third-order valence-electron chi connectivity index (χ3n) is 3.81. The van der Waals surface area contributed by atoms with Crippen molar-refractivity contribution in [2.45, 2.75) is 32.7 Å². The van der Waals surface area contributed by atoms with Gasteiger partial charge in [0.25, 0.3) is 5.91 Å². The Morgan fingerprint density at radius 2 is 1.83 bits per heavy atom. The SMILES string of the molecule is CC(C)Nc1cc(C(=O)N2CCCC2)nc(-c2ccccc2)n1. The van der Waals surface area contributed by atoms with Gasteiger partial charge in [-0.15, -0.1) is 0 Å². The van der Waals surface area contributed by atoms with E-state index in [0.717, 1.165) is 31.5 Å². The topological polar surface area (TPSA) is 58.1 Å². The lowest BCUT2D eigenvalue weighted by Gasteiger charge is -2.17. The van der Waals surface area contributed by atoms with Gasteiger partial charge in [-0.3, -0.25) is 4.79 Å². The van der Waals surface area contributed by atoms with Crippen molar-refractivity contribution in [3.05, 3.63) is 42.1 Å². The second-order valence-corrected chi connectivity index (χ2v) is 6.13. The van der Waals surface area contributed by atoms with Gasteiger partial charge in [-0.05, 0) is 26.7 Å². The predicted molar refractivity (Wildman–Crippen MR) is 91.4 cm³/mol. The number of likely N-dealkylation sites (tertiary alicyclic amines) is 1. The molecule has 1 aliphatic heterocycles. The third-order valence-corrected chi connectivity index (χ3v) is 3.81. The Labute approximate surface area is 136 Å². The first-order valence-electron chi connectivity index (χ1n) is 8.14. The maximum Gasteiger partial charge on any atom is 0.272 e. The van der Waals surface area contributed by atoms with Crippen LogP contribution in [0, 0.1) is 0 Å². The van der Waals surface area contributed by atoms with Crippen LogP contribution in [0.3, 0.4) is 0 Å². The van der Waals surface area contributed by atoms with E-state index in [1.54, 1.807) is 6.07 Å². The van der Waals surface area contributed by atoms with Crippen molar-refractivity contribution in [2.75, 3.05) is 18.4 Å². The average Bonchev–Trinajstić information content (AvgIpc) is 3.08. The number of benzene rings is 1. The lowest BCUT2D eigenvalue weighted by molar-refractivity contribution is 0.0787. The number of carbonyl (C=O) groups excluding carboxylic acids is 1. The number of anilines is 1. The molecule has 2 aromatic rings. The fourth-order valence-corrected chi connectivity index (χ4v) is 2.73. The van der Waals surface area contributed by atoms with Crippen LogP contribution >= 0.6 is 0 Å². The molecule has 5 nitrogen and oxygen atoms in total. The van der Waals surface area contributed by atoms with Crippen LogP contribution in [0.2, 0.25) is 0 Å². The van der Waals surface area contributed by atoms with Gasteiger partial charge in [-0.1, -0.05) is 30.3 Å². The largest absolute Gasteiger partial charge is 0.368 e. The first kappa shape index (κ1) is 15.5. The van der Waals surface area contributed by atoms with Gasteiger partial charge >= 0.3 is 0 Å². The second-order valence-electron chi connectivity index (χ2n) is 6.13. The zero-order chi connectivity index (χ0) is 16.2. The molecule has 1 saturated heterocycles. The summed E-state index contributed by atoms with van der Waals surface area (Å²) in [5.74, 6) is 1.27. The molecule has 5 heteroatoms. The van der Waals surface area contributed by atoms with Crippen molar-refractivity contribution < 1.29 is 4.79 Å². The van der Waals surface area contributed by atoms with E-state index in [4.69, 9.17) is 0 Å². The molecular formula is C18H22N4O. The van der Waals surface area contributed by atoms with Gasteiger partial charge in [0.2, 0.25) is 0 Å². The number of nitrogens with zero attached hydrogens (tertiary/aromatic N) is 3. The van der Waals surface area contributed by atoms with E-state index in [1.165, 1.54) is 0 Å². The van der Waals surface area contributed by atoms with Crippen LogP contribution in [0.4, 0.5) is 5.82 Å². The highest BCUT2D eigenvalue weighted by molar-refractivity contribution is 5.93. The molecule has 0 radical (unpaired) electrons. The molecule has 120 valence electrons. The van der Waals surface area contributed by atoms with Crippen LogP contribution in [-0.2, 0) is 0 Å². The monoisotopic (exact) mass is 310 g/mol. The van der Waals surface area contributed by atoms with E-state index in [2.05, 4.69) is 15.3 Å². The summed E-state index contributed by atoms with van der Waals surface area (Å²) >= 11 is 0. The number of carbonyl (C=O) groups is 1. The highest BCUT2D eigenvalue weighted by Gasteiger charge is 2.22. The van der Waals surface area contributed by atoms with Crippen molar-refractivity contribution in [1.82, 2.24) is 14.9 Å². The van der Waals surface area contributed by atoms with Gasteiger partial charge in [0, 0.05) is 30.8 Å². The highest BCUT2D eigenvalue weighted by Crippen LogP contribution is 2.20. The number of rotatable bonds is 4. The van der Waals surface area contributed by atoms with E-state index in [-0.39, 0.29) is 11.9 Å². The Morgan fingerprint density at radius 3 is 2.48 bits per heavy atom. The Kier molecular flexibility index (Phi) is 4.55. The Morgan fingerprint density at radius 1 is 1.13 bits per heavy atom. The fraction of sp³-hybridized carbons (Fsp3) is 0.389. The maximum atomic E-state index is 12.7. The summed E-state index contributed by atoms with van der Waals surface area (Å²) in [4.78, 5) is 23.6. The molecule has 0 atom stereocenters. The van der Waals surface area contributed by atoms with Gasteiger partial charge in [0.1, 0.15) is 11.5 Å².